The lowest BCUT2D eigenvalue weighted by atomic mass is 9.88. The van der Waals surface area contributed by atoms with Gasteiger partial charge in [0.2, 0.25) is 0 Å². The quantitative estimate of drug-likeness (QED) is 0.133. The summed E-state index contributed by atoms with van der Waals surface area (Å²) in [6.07, 6.45) is 0. The van der Waals surface area contributed by atoms with Crippen LogP contribution in [-0.4, -0.2) is 4.57 Å². The van der Waals surface area contributed by atoms with Crippen LogP contribution in [0.25, 0.3) is 105 Å². The Morgan fingerprint density at radius 1 is 0.222 bits per heavy atom. The first-order valence-corrected chi connectivity index (χ1v) is 24.7. The molecule has 0 saturated carbocycles. The van der Waals surface area contributed by atoms with Crippen LogP contribution in [0.15, 0.2) is 291 Å². The number of fused-ring (bicyclic) bond motifs is 4. The Morgan fingerprint density at radius 3 is 1.19 bits per heavy atom. The number of hydrogen-bond donors (Lipinski definition) is 0. The van der Waals surface area contributed by atoms with Crippen molar-refractivity contribution in [2.45, 2.75) is 0 Å². The number of benzene rings is 12. The third-order valence-electron chi connectivity index (χ3n) is 14.3. The second kappa shape index (κ2) is 18.4. The van der Waals surface area contributed by atoms with Gasteiger partial charge in [-0.3, -0.25) is 0 Å². The van der Waals surface area contributed by atoms with Crippen LogP contribution in [0.2, 0.25) is 0 Å². The molecule has 0 saturated heterocycles. The Labute approximate surface area is 420 Å². The minimum absolute atomic E-state index is 1.07. The summed E-state index contributed by atoms with van der Waals surface area (Å²) in [6.45, 7) is 0. The van der Waals surface area contributed by atoms with Gasteiger partial charge in [-0.05, 0) is 127 Å². The molecule has 13 aromatic rings. The predicted octanol–water partition coefficient (Wildman–Crippen LogP) is 19.4. The minimum atomic E-state index is 1.07. The summed E-state index contributed by atoms with van der Waals surface area (Å²) >= 11 is 0. The van der Waals surface area contributed by atoms with Gasteiger partial charge in [0.1, 0.15) is 0 Å². The molecule has 13 rings (SSSR count). The SMILES string of the molecule is c1ccc(-c2ccccc2-c2ccccc2-c2ccccc2N(c2ccc(-c3ccc(-c4cccc5ccccc45)cc3)cc2)c2ccc(-c3ccc(-n4c5ccccc5c5ccccc54)cc3)cc2)cc1. The van der Waals surface area contributed by atoms with E-state index < -0.39 is 0 Å². The van der Waals surface area contributed by atoms with E-state index in [0.29, 0.717) is 0 Å². The third kappa shape index (κ3) is 7.73. The third-order valence-corrected chi connectivity index (χ3v) is 14.3. The predicted molar refractivity (Wildman–Crippen MR) is 306 cm³/mol. The van der Waals surface area contributed by atoms with Crippen molar-refractivity contribution in [1.82, 2.24) is 4.57 Å². The maximum atomic E-state index is 2.41. The zero-order valence-electron chi connectivity index (χ0n) is 39.6. The van der Waals surface area contributed by atoms with Crippen LogP contribution < -0.4 is 4.90 Å². The summed E-state index contributed by atoms with van der Waals surface area (Å²) in [4.78, 5) is 2.41. The van der Waals surface area contributed by atoms with Crippen LogP contribution in [0.5, 0.6) is 0 Å². The van der Waals surface area contributed by atoms with Crippen molar-refractivity contribution in [2.24, 2.45) is 0 Å². The minimum Gasteiger partial charge on any atom is -0.310 e. The number of rotatable bonds is 10. The summed E-state index contributed by atoms with van der Waals surface area (Å²) in [5, 5.41) is 5.05. The second-order valence-electron chi connectivity index (χ2n) is 18.4. The summed E-state index contributed by atoms with van der Waals surface area (Å²) in [5.41, 5.74) is 21.0. The van der Waals surface area contributed by atoms with E-state index in [0.717, 1.165) is 33.9 Å². The van der Waals surface area contributed by atoms with E-state index in [1.54, 1.807) is 0 Å². The first kappa shape index (κ1) is 42.6. The van der Waals surface area contributed by atoms with Gasteiger partial charge >= 0.3 is 0 Å². The van der Waals surface area contributed by atoms with Crippen molar-refractivity contribution in [3.63, 3.8) is 0 Å². The first-order chi connectivity index (χ1) is 35.7. The Bertz CT molecular complexity index is 4000. The molecule has 72 heavy (non-hydrogen) atoms. The highest BCUT2D eigenvalue weighted by Crippen LogP contribution is 2.46. The summed E-state index contributed by atoms with van der Waals surface area (Å²) < 4.78 is 2.37. The molecule has 0 amide bonds. The monoisotopic (exact) mass is 916 g/mol. The van der Waals surface area contributed by atoms with Gasteiger partial charge in [0.15, 0.2) is 0 Å². The molecule has 0 fully saturated rings. The molecule has 0 aliphatic heterocycles. The maximum absolute atomic E-state index is 2.41. The highest BCUT2D eigenvalue weighted by molar-refractivity contribution is 6.09. The highest BCUT2D eigenvalue weighted by atomic mass is 15.1. The summed E-state index contributed by atoms with van der Waals surface area (Å²) in [6, 6.07) is 106. The molecule has 0 aliphatic rings. The summed E-state index contributed by atoms with van der Waals surface area (Å²) in [7, 11) is 0. The fraction of sp³-hybridized carbons (Fsp3) is 0. The average Bonchev–Trinajstić information content (AvgIpc) is 3.80. The molecule has 0 aliphatic carbocycles. The number of nitrogens with zero attached hydrogens (tertiary/aromatic N) is 2. The van der Waals surface area contributed by atoms with E-state index in [-0.39, 0.29) is 0 Å². The molecule has 12 aromatic carbocycles. The van der Waals surface area contributed by atoms with E-state index in [4.69, 9.17) is 0 Å². The van der Waals surface area contributed by atoms with E-state index in [1.807, 2.05) is 0 Å². The molecule has 338 valence electrons. The largest absolute Gasteiger partial charge is 0.310 e. The molecule has 0 N–H and O–H groups in total. The molecule has 2 nitrogen and oxygen atoms in total. The van der Waals surface area contributed by atoms with E-state index in [9.17, 15) is 0 Å². The molecule has 0 atom stereocenters. The van der Waals surface area contributed by atoms with Crippen LogP contribution >= 0.6 is 0 Å². The molecule has 1 heterocycles. The summed E-state index contributed by atoms with van der Waals surface area (Å²) in [5.74, 6) is 0. The highest BCUT2D eigenvalue weighted by Gasteiger charge is 2.21. The van der Waals surface area contributed by atoms with Gasteiger partial charge in [-0.15, -0.1) is 0 Å². The number of hydrogen-bond acceptors (Lipinski definition) is 1. The molecule has 0 radical (unpaired) electrons. The Balaban J connectivity index is 0.889. The average molecular weight is 917 g/mol. The van der Waals surface area contributed by atoms with Gasteiger partial charge in [0.25, 0.3) is 0 Å². The van der Waals surface area contributed by atoms with Crippen molar-refractivity contribution in [1.29, 1.82) is 0 Å². The lowest BCUT2D eigenvalue weighted by Gasteiger charge is -2.29. The lowest BCUT2D eigenvalue weighted by Crippen LogP contribution is -2.11. The maximum Gasteiger partial charge on any atom is 0.0541 e. The molecular weight excluding hydrogens is 869 g/mol. The van der Waals surface area contributed by atoms with Crippen LogP contribution in [-0.2, 0) is 0 Å². The zero-order valence-corrected chi connectivity index (χ0v) is 39.6. The standard InChI is InChI=1S/C70H48N2/c1-2-17-53(18-3-1)61-22-6-7-23-62(61)63-24-8-9-25-64(63)65-26-10-13-30-68(65)71(56-43-37-50(38-44-56)49-33-35-55(36-34-49)60-29-16-20-54-19-4-5-21-59(54)60)57-45-39-51(40-46-57)52-41-47-58(48-42-52)72-69-31-14-11-27-66(69)67-28-12-15-32-70(67)72/h1-48H. The second-order valence-corrected chi connectivity index (χ2v) is 18.4. The normalized spacial score (nSPS) is 11.3. The molecule has 2 heteroatoms. The van der Waals surface area contributed by atoms with Crippen LogP contribution in [0.4, 0.5) is 17.1 Å². The van der Waals surface area contributed by atoms with Crippen molar-refractivity contribution in [3.05, 3.63) is 291 Å². The topological polar surface area (TPSA) is 8.17 Å². The zero-order chi connectivity index (χ0) is 47.8. The van der Waals surface area contributed by atoms with E-state index in [1.165, 1.54) is 88.2 Å². The Hall–Kier alpha value is -9.50. The van der Waals surface area contributed by atoms with Gasteiger partial charge < -0.3 is 9.47 Å². The Kier molecular flexibility index (Phi) is 10.9. The van der Waals surface area contributed by atoms with Gasteiger partial charge in [-0.25, -0.2) is 0 Å². The number of aromatic nitrogens is 1. The smallest absolute Gasteiger partial charge is 0.0541 e. The van der Waals surface area contributed by atoms with Crippen molar-refractivity contribution >= 4 is 49.6 Å². The van der Waals surface area contributed by atoms with Crippen LogP contribution in [0.1, 0.15) is 0 Å². The molecule has 0 unspecified atom stereocenters. The Morgan fingerprint density at radius 2 is 0.597 bits per heavy atom. The van der Waals surface area contributed by atoms with Crippen LogP contribution in [0, 0.1) is 0 Å². The molecule has 0 spiro atoms. The number of anilines is 3. The first-order valence-electron chi connectivity index (χ1n) is 24.7. The van der Waals surface area contributed by atoms with Gasteiger partial charge in [-0.1, -0.05) is 237 Å². The van der Waals surface area contributed by atoms with Crippen LogP contribution in [0.3, 0.4) is 0 Å². The molecular formula is C70H48N2. The number of para-hydroxylation sites is 3. The van der Waals surface area contributed by atoms with E-state index >= 15 is 0 Å². The fourth-order valence-corrected chi connectivity index (χ4v) is 10.8. The van der Waals surface area contributed by atoms with E-state index in [2.05, 4.69) is 301 Å². The van der Waals surface area contributed by atoms with Crippen molar-refractivity contribution in [3.8, 4) is 72.4 Å². The van der Waals surface area contributed by atoms with Gasteiger partial charge in [0, 0.05) is 33.4 Å². The fourth-order valence-electron chi connectivity index (χ4n) is 10.8. The molecule has 1 aromatic heterocycles. The van der Waals surface area contributed by atoms with Gasteiger partial charge in [0.05, 0.1) is 16.7 Å². The van der Waals surface area contributed by atoms with Gasteiger partial charge in [-0.2, -0.15) is 0 Å². The van der Waals surface area contributed by atoms with Crippen molar-refractivity contribution < 1.29 is 0 Å². The molecule has 0 bridgehead atoms. The lowest BCUT2D eigenvalue weighted by molar-refractivity contribution is 1.18. The van der Waals surface area contributed by atoms with Crippen molar-refractivity contribution in [2.75, 3.05) is 4.90 Å².